The Hall–Kier alpha value is -3.30. The molecule has 11 heteroatoms. The third kappa shape index (κ3) is 3.45. The van der Waals surface area contributed by atoms with Crippen molar-refractivity contribution in [2.45, 2.75) is 6.42 Å². The number of ether oxygens (including phenoxy) is 1. The van der Waals surface area contributed by atoms with E-state index in [1.54, 1.807) is 18.2 Å². The lowest BCUT2D eigenvalue weighted by Gasteiger charge is -2.18. The minimum absolute atomic E-state index is 0.0754. The molecule has 0 spiro atoms. The van der Waals surface area contributed by atoms with Crippen molar-refractivity contribution >= 4 is 35.0 Å². The molecule has 0 fully saturated rings. The van der Waals surface area contributed by atoms with E-state index in [1.165, 1.54) is 12.1 Å². The van der Waals surface area contributed by atoms with E-state index in [0.29, 0.717) is 24.3 Å². The van der Waals surface area contributed by atoms with Crippen molar-refractivity contribution in [3.8, 4) is 17.2 Å². The molecule has 1 aliphatic rings. The highest BCUT2D eigenvalue weighted by atomic mass is 35.5. The van der Waals surface area contributed by atoms with Crippen molar-refractivity contribution in [2.24, 2.45) is 5.73 Å². The number of aromatic nitrogens is 2. The number of carbonyl (C=O) groups is 2. The molecule has 1 aromatic heterocycles. The SMILES string of the molecule is NC(=O)c1noc(=O)n1-c1cc(Cl)c(Oc2ccc3c(c2)CCNC3=O)c(Cl)c1. The lowest BCUT2D eigenvalue weighted by molar-refractivity contribution is 0.0944. The van der Waals surface area contributed by atoms with Gasteiger partial charge in [-0.1, -0.05) is 23.2 Å². The van der Waals surface area contributed by atoms with Gasteiger partial charge in [-0.15, -0.1) is 0 Å². The number of nitrogens with zero attached hydrogens (tertiary/aromatic N) is 2. The van der Waals surface area contributed by atoms with E-state index in [4.69, 9.17) is 33.7 Å². The number of amides is 2. The molecular formula is C18H12Cl2N4O5. The standard InChI is InChI=1S/C18H12Cl2N4O5/c19-12-6-9(24-16(15(21)25)23-29-18(24)27)7-13(20)14(12)28-10-1-2-11-8(5-10)3-4-22-17(11)26/h1-2,5-7H,3-4H2,(H2,21,25)(H,22,26). The lowest BCUT2D eigenvalue weighted by Crippen LogP contribution is -2.31. The Kier molecular flexibility index (Phi) is 4.77. The van der Waals surface area contributed by atoms with Gasteiger partial charge in [0.25, 0.3) is 11.8 Å². The third-order valence-corrected chi connectivity index (χ3v) is 4.85. The van der Waals surface area contributed by atoms with E-state index >= 15 is 0 Å². The highest BCUT2D eigenvalue weighted by molar-refractivity contribution is 6.37. The molecule has 0 atom stereocenters. The minimum atomic E-state index is -0.957. The molecule has 0 saturated carbocycles. The second-order valence-electron chi connectivity index (χ2n) is 6.14. The number of hydrogen-bond acceptors (Lipinski definition) is 6. The Morgan fingerprint density at radius 2 is 1.93 bits per heavy atom. The first kappa shape index (κ1) is 19.0. The van der Waals surface area contributed by atoms with Gasteiger partial charge in [0.1, 0.15) is 5.75 Å². The van der Waals surface area contributed by atoms with Gasteiger partial charge in [0.2, 0.25) is 5.82 Å². The molecule has 3 aromatic rings. The number of nitrogens with one attached hydrogen (secondary N) is 1. The van der Waals surface area contributed by atoms with Crippen molar-refractivity contribution in [1.82, 2.24) is 15.0 Å². The summed E-state index contributed by atoms with van der Waals surface area (Å²) in [7, 11) is 0. The second-order valence-corrected chi connectivity index (χ2v) is 6.95. The molecule has 0 bridgehead atoms. The van der Waals surface area contributed by atoms with E-state index in [-0.39, 0.29) is 27.4 Å². The first-order valence-corrected chi connectivity index (χ1v) is 9.07. The van der Waals surface area contributed by atoms with Crippen LogP contribution < -0.4 is 21.5 Å². The van der Waals surface area contributed by atoms with Gasteiger partial charge >= 0.3 is 5.76 Å². The fraction of sp³-hybridized carbons (Fsp3) is 0.111. The molecule has 2 aromatic carbocycles. The Morgan fingerprint density at radius 3 is 2.62 bits per heavy atom. The van der Waals surface area contributed by atoms with Gasteiger partial charge in [0.15, 0.2) is 5.75 Å². The summed E-state index contributed by atoms with van der Waals surface area (Å²) < 4.78 is 11.1. The van der Waals surface area contributed by atoms with Crippen LogP contribution in [0.2, 0.25) is 10.0 Å². The Bertz CT molecular complexity index is 1190. The topological polar surface area (TPSA) is 129 Å². The second kappa shape index (κ2) is 7.26. The zero-order valence-electron chi connectivity index (χ0n) is 14.6. The lowest BCUT2D eigenvalue weighted by atomic mass is 10.0. The maximum Gasteiger partial charge on any atom is 0.446 e. The van der Waals surface area contributed by atoms with E-state index in [1.807, 2.05) is 0 Å². The van der Waals surface area contributed by atoms with Gasteiger partial charge in [-0.2, -0.15) is 0 Å². The molecule has 29 heavy (non-hydrogen) atoms. The zero-order valence-corrected chi connectivity index (χ0v) is 16.1. The van der Waals surface area contributed by atoms with E-state index in [9.17, 15) is 14.4 Å². The van der Waals surface area contributed by atoms with E-state index in [0.717, 1.165) is 10.1 Å². The quantitative estimate of drug-likeness (QED) is 0.647. The van der Waals surface area contributed by atoms with E-state index < -0.39 is 17.5 Å². The molecule has 0 aliphatic carbocycles. The molecular weight excluding hydrogens is 423 g/mol. The number of fused-ring (bicyclic) bond motifs is 1. The molecule has 0 radical (unpaired) electrons. The van der Waals surface area contributed by atoms with Crippen LogP contribution in [0.25, 0.3) is 5.69 Å². The highest BCUT2D eigenvalue weighted by Gasteiger charge is 2.21. The highest BCUT2D eigenvalue weighted by Crippen LogP contribution is 2.38. The van der Waals surface area contributed by atoms with Crippen LogP contribution in [0.4, 0.5) is 0 Å². The molecule has 4 rings (SSSR count). The van der Waals surface area contributed by atoms with Gasteiger partial charge < -0.3 is 15.8 Å². The molecule has 0 unspecified atom stereocenters. The molecule has 2 amide bonds. The summed E-state index contributed by atoms with van der Waals surface area (Å²) in [5.41, 5.74) is 6.76. The Labute approximate surface area is 172 Å². The predicted octanol–water partition coefficient (Wildman–Crippen LogP) is 2.31. The van der Waals surface area contributed by atoms with Crippen molar-refractivity contribution < 1.29 is 18.8 Å². The molecule has 9 nitrogen and oxygen atoms in total. The summed E-state index contributed by atoms with van der Waals surface area (Å²) in [4.78, 5) is 35.2. The average Bonchev–Trinajstić information content (AvgIpc) is 3.06. The molecule has 148 valence electrons. The first-order valence-electron chi connectivity index (χ1n) is 8.32. The zero-order chi connectivity index (χ0) is 20.7. The summed E-state index contributed by atoms with van der Waals surface area (Å²) in [5, 5.41) is 6.26. The van der Waals surface area contributed by atoms with Crippen molar-refractivity contribution in [3.63, 3.8) is 0 Å². The molecule has 2 heterocycles. The normalized spacial score (nSPS) is 13.0. The first-order chi connectivity index (χ1) is 13.8. The number of rotatable bonds is 4. The van der Waals surface area contributed by atoms with Crippen LogP contribution in [-0.4, -0.2) is 28.1 Å². The fourth-order valence-electron chi connectivity index (χ4n) is 2.99. The summed E-state index contributed by atoms with van der Waals surface area (Å²) in [6.45, 7) is 0.543. The van der Waals surface area contributed by atoms with Gasteiger partial charge in [-0.05, 0) is 47.5 Å². The maximum atomic E-state index is 11.9. The Balaban J connectivity index is 1.71. The summed E-state index contributed by atoms with van der Waals surface area (Å²) in [5.74, 6) is -1.84. The number of primary amides is 1. The number of benzene rings is 2. The van der Waals surface area contributed by atoms with E-state index in [2.05, 4.69) is 15.0 Å². The number of halogens is 2. The summed E-state index contributed by atoms with van der Waals surface area (Å²) in [6, 6.07) is 7.74. The van der Waals surface area contributed by atoms with Gasteiger partial charge in [-0.3, -0.25) is 14.1 Å². The van der Waals surface area contributed by atoms with Gasteiger partial charge in [-0.25, -0.2) is 9.36 Å². The van der Waals surface area contributed by atoms with Crippen LogP contribution >= 0.6 is 23.2 Å². The average molecular weight is 435 g/mol. The largest absolute Gasteiger partial charge is 0.454 e. The number of nitrogens with two attached hydrogens (primary N) is 1. The van der Waals surface area contributed by atoms with Gasteiger partial charge in [0, 0.05) is 12.1 Å². The molecule has 3 N–H and O–H groups in total. The fourth-order valence-corrected chi connectivity index (χ4v) is 3.54. The molecule has 0 saturated heterocycles. The van der Waals surface area contributed by atoms with Crippen molar-refractivity contribution in [3.05, 3.63) is 67.9 Å². The van der Waals surface area contributed by atoms with Gasteiger partial charge in [0.05, 0.1) is 15.7 Å². The molecule has 1 aliphatic heterocycles. The summed E-state index contributed by atoms with van der Waals surface area (Å²) >= 11 is 12.6. The minimum Gasteiger partial charge on any atom is -0.454 e. The predicted molar refractivity (Wildman–Crippen MR) is 103 cm³/mol. The van der Waals surface area contributed by atoms with Crippen LogP contribution in [0.15, 0.2) is 39.6 Å². The van der Waals surface area contributed by atoms with Crippen LogP contribution in [0, 0.1) is 0 Å². The van der Waals surface area contributed by atoms with Crippen LogP contribution in [0.5, 0.6) is 11.5 Å². The number of carbonyl (C=O) groups excluding carboxylic acids is 2. The monoisotopic (exact) mass is 434 g/mol. The smallest absolute Gasteiger partial charge is 0.446 e. The number of hydrogen-bond donors (Lipinski definition) is 2. The Morgan fingerprint density at radius 1 is 1.21 bits per heavy atom. The van der Waals surface area contributed by atoms with Crippen molar-refractivity contribution in [2.75, 3.05) is 6.54 Å². The maximum absolute atomic E-state index is 11.9. The third-order valence-electron chi connectivity index (χ3n) is 4.29. The van der Waals surface area contributed by atoms with Crippen molar-refractivity contribution in [1.29, 1.82) is 0 Å². The van der Waals surface area contributed by atoms with Crippen LogP contribution in [-0.2, 0) is 6.42 Å². The van der Waals surface area contributed by atoms with Crippen LogP contribution in [0.1, 0.15) is 26.5 Å². The summed E-state index contributed by atoms with van der Waals surface area (Å²) in [6.07, 6.45) is 0.672. The van der Waals surface area contributed by atoms with Crippen LogP contribution in [0.3, 0.4) is 0 Å².